The molecule has 0 saturated carbocycles. The van der Waals surface area contributed by atoms with Gasteiger partial charge in [-0.15, -0.1) is 0 Å². The molecule has 152 valence electrons. The Hall–Kier alpha value is -3.68. The molecule has 0 fully saturated rings. The zero-order valence-corrected chi connectivity index (χ0v) is 17.4. The fourth-order valence-corrected chi connectivity index (χ4v) is 3.61. The molecular formula is C30H26O. The topological polar surface area (TPSA) is 20.2 Å². The van der Waals surface area contributed by atoms with Crippen molar-refractivity contribution in [1.82, 2.24) is 0 Å². The highest BCUT2D eigenvalue weighted by Gasteiger charge is 2.25. The maximum atomic E-state index is 11.4. The average molecular weight is 403 g/mol. The molecular weight excluding hydrogens is 376 g/mol. The third-order valence-corrected chi connectivity index (χ3v) is 5.18. The summed E-state index contributed by atoms with van der Waals surface area (Å²) in [6, 6.07) is 30.5. The summed E-state index contributed by atoms with van der Waals surface area (Å²) in [6.07, 6.45) is 16.8. The van der Waals surface area contributed by atoms with Gasteiger partial charge in [0.1, 0.15) is 5.60 Å². The van der Waals surface area contributed by atoms with Gasteiger partial charge in [0.05, 0.1) is 0 Å². The molecule has 1 atom stereocenters. The second-order valence-corrected chi connectivity index (χ2v) is 7.76. The third-order valence-electron chi connectivity index (χ3n) is 5.18. The van der Waals surface area contributed by atoms with Gasteiger partial charge in [0, 0.05) is 6.42 Å². The standard InChI is InChI=1S/C30H26O/c31-30(21-20-27-14-8-3-9-15-27)23-28(18-16-25-10-4-1-5-11-25)22-29(24-30)19-17-26-12-6-2-7-13-26/h1-23,31H,24H2. The van der Waals surface area contributed by atoms with Gasteiger partial charge >= 0.3 is 0 Å². The largest absolute Gasteiger partial charge is 0.381 e. The zero-order valence-electron chi connectivity index (χ0n) is 17.4. The smallest absolute Gasteiger partial charge is 0.106 e. The van der Waals surface area contributed by atoms with E-state index in [0.717, 1.165) is 27.8 Å². The Balaban J connectivity index is 1.62. The molecule has 0 bridgehead atoms. The number of allylic oxidation sites excluding steroid dienone is 4. The van der Waals surface area contributed by atoms with E-state index in [1.54, 1.807) is 0 Å². The molecule has 1 unspecified atom stereocenters. The molecule has 3 aromatic rings. The van der Waals surface area contributed by atoms with E-state index in [1.165, 1.54) is 0 Å². The van der Waals surface area contributed by atoms with Crippen LogP contribution in [0.3, 0.4) is 0 Å². The van der Waals surface area contributed by atoms with E-state index in [1.807, 2.05) is 85.0 Å². The molecule has 4 rings (SSSR count). The van der Waals surface area contributed by atoms with Crippen molar-refractivity contribution in [3.8, 4) is 0 Å². The second kappa shape index (κ2) is 9.88. The highest BCUT2D eigenvalue weighted by Crippen LogP contribution is 2.30. The molecule has 0 radical (unpaired) electrons. The Bertz CT molecular complexity index is 1130. The molecule has 0 spiro atoms. The van der Waals surface area contributed by atoms with E-state index in [2.05, 4.69) is 54.6 Å². The summed E-state index contributed by atoms with van der Waals surface area (Å²) in [6.45, 7) is 0. The van der Waals surface area contributed by atoms with Crippen molar-refractivity contribution in [3.63, 3.8) is 0 Å². The Morgan fingerprint density at radius 2 is 1.06 bits per heavy atom. The van der Waals surface area contributed by atoms with Gasteiger partial charge in [0.15, 0.2) is 0 Å². The van der Waals surface area contributed by atoms with Crippen LogP contribution in [0.25, 0.3) is 18.2 Å². The van der Waals surface area contributed by atoms with Gasteiger partial charge in [0.2, 0.25) is 0 Å². The van der Waals surface area contributed by atoms with E-state index < -0.39 is 5.60 Å². The van der Waals surface area contributed by atoms with Crippen LogP contribution in [-0.4, -0.2) is 10.7 Å². The van der Waals surface area contributed by atoms with Crippen LogP contribution in [0.1, 0.15) is 23.1 Å². The first kappa shape index (κ1) is 20.6. The first-order valence-electron chi connectivity index (χ1n) is 10.5. The van der Waals surface area contributed by atoms with E-state index in [4.69, 9.17) is 0 Å². The Kier molecular flexibility index (Phi) is 6.56. The molecule has 1 N–H and O–H groups in total. The van der Waals surface area contributed by atoms with Crippen LogP contribution < -0.4 is 0 Å². The first-order valence-corrected chi connectivity index (χ1v) is 10.5. The lowest BCUT2D eigenvalue weighted by molar-refractivity contribution is 0.143. The summed E-state index contributed by atoms with van der Waals surface area (Å²) in [5, 5.41) is 11.4. The van der Waals surface area contributed by atoms with Gasteiger partial charge in [0.25, 0.3) is 0 Å². The van der Waals surface area contributed by atoms with Gasteiger partial charge in [-0.3, -0.25) is 0 Å². The van der Waals surface area contributed by atoms with Gasteiger partial charge in [-0.1, -0.05) is 127 Å². The minimum Gasteiger partial charge on any atom is -0.381 e. The molecule has 0 aromatic heterocycles. The summed E-state index contributed by atoms with van der Waals surface area (Å²) in [5.74, 6) is 0. The van der Waals surface area contributed by atoms with Crippen molar-refractivity contribution < 1.29 is 5.11 Å². The predicted octanol–water partition coefficient (Wildman–Crippen LogP) is 7.11. The lowest BCUT2D eigenvalue weighted by Crippen LogP contribution is -2.26. The molecule has 0 saturated heterocycles. The fraction of sp³-hybridized carbons (Fsp3) is 0.0667. The van der Waals surface area contributed by atoms with Crippen LogP contribution in [-0.2, 0) is 0 Å². The SMILES string of the molecule is OC1(C=Cc2ccccc2)C=C(C=Cc2ccccc2)C=C(C=Cc2ccccc2)C1. The molecule has 0 aliphatic heterocycles. The fourth-order valence-electron chi connectivity index (χ4n) is 3.61. The van der Waals surface area contributed by atoms with Crippen LogP contribution in [0.4, 0.5) is 0 Å². The predicted molar refractivity (Wildman–Crippen MR) is 132 cm³/mol. The van der Waals surface area contributed by atoms with E-state index in [0.29, 0.717) is 6.42 Å². The van der Waals surface area contributed by atoms with Crippen molar-refractivity contribution in [1.29, 1.82) is 0 Å². The maximum Gasteiger partial charge on any atom is 0.106 e. The molecule has 1 heteroatoms. The molecule has 1 nitrogen and oxygen atoms in total. The molecule has 3 aromatic carbocycles. The number of hydrogen-bond acceptors (Lipinski definition) is 1. The van der Waals surface area contributed by atoms with Gasteiger partial charge < -0.3 is 5.11 Å². The van der Waals surface area contributed by atoms with Crippen LogP contribution >= 0.6 is 0 Å². The molecule has 0 heterocycles. The number of aliphatic hydroxyl groups is 1. The Morgan fingerprint density at radius 1 is 0.581 bits per heavy atom. The Labute approximate surface area is 184 Å². The van der Waals surface area contributed by atoms with Gasteiger partial charge in [-0.25, -0.2) is 0 Å². The highest BCUT2D eigenvalue weighted by atomic mass is 16.3. The van der Waals surface area contributed by atoms with Crippen LogP contribution in [0.15, 0.2) is 133 Å². The number of hydrogen-bond donors (Lipinski definition) is 1. The van der Waals surface area contributed by atoms with E-state index >= 15 is 0 Å². The summed E-state index contributed by atoms with van der Waals surface area (Å²) in [5.41, 5.74) is 4.37. The highest BCUT2D eigenvalue weighted by molar-refractivity contribution is 5.61. The second-order valence-electron chi connectivity index (χ2n) is 7.76. The van der Waals surface area contributed by atoms with Crippen LogP contribution in [0, 0.1) is 0 Å². The first-order chi connectivity index (χ1) is 15.2. The summed E-state index contributed by atoms with van der Waals surface area (Å²) >= 11 is 0. The van der Waals surface area contributed by atoms with Crippen molar-refractivity contribution in [2.75, 3.05) is 0 Å². The summed E-state index contributed by atoms with van der Waals surface area (Å²) in [7, 11) is 0. The minimum absolute atomic E-state index is 0.530. The van der Waals surface area contributed by atoms with Crippen LogP contribution in [0.5, 0.6) is 0 Å². The minimum atomic E-state index is -1.04. The zero-order chi connectivity index (χ0) is 21.4. The van der Waals surface area contributed by atoms with Crippen molar-refractivity contribution in [2.45, 2.75) is 12.0 Å². The van der Waals surface area contributed by atoms with Crippen molar-refractivity contribution in [3.05, 3.63) is 149 Å². The van der Waals surface area contributed by atoms with Crippen molar-refractivity contribution in [2.24, 2.45) is 0 Å². The monoisotopic (exact) mass is 402 g/mol. The number of rotatable bonds is 6. The lowest BCUT2D eigenvalue weighted by atomic mass is 9.85. The van der Waals surface area contributed by atoms with Crippen LogP contribution in [0.2, 0.25) is 0 Å². The van der Waals surface area contributed by atoms with Gasteiger partial charge in [-0.05, 0) is 40.0 Å². The molecule has 1 aliphatic carbocycles. The van der Waals surface area contributed by atoms with Gasteiger partial charge in [-0.2, -0.15) is 0 Å². The summed E-state index contributed by atoms with van der Waals surface area (Å²) in [4.78, 5) is 0. The van der Waals surface area contributed by atoms with E-state index in [9.17, 15) is 5.11 Å². The van der Waals surface area contributed by atoms with E-state index in [-0.39, 0.29) is 0 Å². The molecule has 31 heavy (non-hydrogen) atoms. The van der Waals surface area contributed by atoms with Crippen molar-refractivity contribution >= 4 is 18.2 Å². The summed E-state index contributed by atoms with van der Waals surface area (Å²) < 4.78 is 0. The third kappa shape index (κ3) is 6.15. The molecule has 0 amide bonds. The number of benzene rings is 3. The average Bonchev–Trinajstić information content (AvgIpc) is 2.82. The molecule has 1 aliphatic rings. The Morgan fingerprint density at radius 3 is 1.61 bits per heavy atom. The normalized spacial score (nSPS) is 19.1. The maximum absolute atomic E-state index is 11.4. The lowest BCUT2D eigenvalue weighted by Gasteiger charge is -2.26. The quantitative estimate of drug-likeness (QED) is 0.466.